The van der Waals surface area contributed by atoms with Gasteiger partial charge in [0.05, 0.1) is 26.2 Å². The van der Waals surface area contributed by atoms with E-state index in [0.717, 1.165) is 54.6 Å². The van der Waals surface area contributed by atoms with Gasteiger partial charge in [-0.2, -0.15) is 10.5 Å². The number of benzene rings is 4. The van der Waals surface area contributed by atoms with Crippen LogP contribution >= 0.6 is 0 Å². The first-order valence-electron chi connectivity index (χ1n) is 14.6. The van der Waals surface area contributed by atoms with E-state index in [-0.39, 0.29) is 0 Å². The highest BCUT2D eigenvalue weighted by atomic mass is 15.1. The smallest absolute Gasteiger partial charge is 0.179 e. The molecule has 0 saturated carbocycles. The van der Waals surface area contributed by atoms with Crippen LogP contribution in [0.15, 0.2) is 72.8 Å². The van der Waals surface area contributed by atoms with Crippen LogP contribution in [-0.4, -0.2) is 18.9 Å². The summed E-state index contributed by atoms with van der Waals surface area (Å²) in [6.45, 7) is 4.17. The molecule has 10 heterocycles. The monoisotopic (exact) mass is 534 g/mol. The van der Waals surface area contributed by atoms with Gasteiger partial charge < -0.3 is 18.9 Å². The first-order valence-corrected chi connectivity index (χ1v) is 14.6. The Balaban J connectivity index is 1.41. The van der Waals surface area contributed by atoms with Gasteiger partial charge in [0.2, 0.25) is 0 Å². The molecule has 0 amide bonds. The fraction of sp³-hybridized carbons (Fsp3) is 0.257. The minimum atomic E-state index is 0.560. The third-order valence-electron chi connectivity index (χ3n) is 9.03. The molecule has 8 aliphatic rings. The largest absolute Gasteiger partial charge is 0.340 e. The van der Waals surface area contributed by atoms with Crippen LogP contribution in [0.25, 0.3) is 43.6 Å². The van der Waals surface area contributed by atoms with Crippen LogP contribution in [0.3, 0.4) is 0 Å². The summed E-state index contributed by atoms with van der Waals surface area (Å²) in [5, 5.41) is 25.2. The fourth-order valence-electron chi connectivity index (χ4n) is 7.12. The second-order valence-corrected chi connectivity index (χ2v) is 11.7. The molecule has 14 rings (SSSR count). The molecule has 0 atom stereocenters. The number of rotatable bonds is 0. The Hall–Kier alpha value is -4.94. The number of hydrogen-bond acceptors (Lipinski definition) is 4. The Labute approximate surface area is 238 Å². The molecule has 0 aliphatic carbocycles. The number of nitriles is 2. The van der Waals surface area contributed by atoms with Crippen molar-refractivity contribution < 1.29 is 0 Å². The maximum absolute atomic E-state index is 10.1. The van der Waals surface area contributed by atoms with Gasteiger partial charge in [0, 0.05) is 56.7 Å². The summed E-state index contributed by atoms with van der Waals surface area (Å²) < 4.78 is 4.94. The summed E-state index contributed by atoms with van der Waals surface area (Å²) in [6.07, 6.45) is 8.28. The molecule has 2 aromatic heterocycles. The maximum Gasteiger partial charge on any atom is 0.179 e. The Kier molecular flexibility index (Phi) is 5.43. The molecule has 200 valence electrons. The summed E-state index contributed by atoms with van der Waals surface area (Å²) in [5.74, 6) is 0. The van der Waals surface area contributed by atoms with E-state index < -0.39 is 0 Å². The molecule has 0 fully saturated rings. The topological polar surface area (TPSA) is 63.9 Å². The van der Waals surface area contributed by atoms with Crippen molar-refractivity contribution in [3.8, 4) is 12.4 Å². The predicted octanol–water partition coefficient (Wildman–Crippen LogP) is 7.37. The number of hydrogen-bond donors (Lipinski definition) is 0. The molecular formula is C35H30N6. The van der Waals surface area contributed by atoms with E-state index >= 15 is 0 Å². The molecule has 0 N–H and O–H groups in total. The zero-order valence-electron chi connectivity index (χ0n) is 23.0. The summed E-state index contributed by atoms with van der Waals surface area (Å²) in [5.41, 5.74) is 9.48. The van der Waals surface area contributed by atoms with Crippen molar-refractivity contribution >= 4 is 43.6 Å². The second kappa shape index (κ2) is 9.32. The third-order valence-corrected chi connectivity index (χ3v) is 9.03. The number of aromatic nitrogens is 2. The van der Waals surface area contributed by atoms with Gasteiger partial charge in [-0.25, -0.2) is 0 Å². The third kappa shape index (κ3) is 3.90. The van der Waals surface area contributed by atoms with Crippen LogP contribution in [0, 0.1) is 22.9 Å². The number of aryl methyl sites for hydroxylation is 2. The summed E-state index contributed by atoms with van der Waals surface area (Å²) >= 11 is 0. The maximum atomic E-state index is 10.1. The molecule has 0 unspecified atom stereocenters. The van der Waals surface area contributed by atoms with Gasteiger partial charge in [0.1, 0.15) is 0 Å². The summed E-state index contributed by atoms with van der Waals surface area (Å²) in [4.78, 5) is 3.71. The highest BCUT2D eigenvalue weighted by Gasteiger charge is 2.18. The van der Waals surface area contributed by atoms with E-state index in [4.69, 9.17) is 0 Å². The highest BCUT2D eigenvalue weighted by molar-refractivity contribution is 6.09. The molecule has 8 aliphatic heterocycles. The summed E-state index contributed by atoms with van der Waals surface area (Å²) in [6, 6.07) is 26.8. The van der Waals surface area contributed by atoms with Gasteiger partial charge in [-0.15, -0.1) is 0 Å². The van der Waals surface area contributed by atoms with E-state index in [1.165, 1.54) is 43.6 Å². The van der Waals surface area contributed by atoms with Crippen LogP contribution in [-0.2, 0) is 39.3 Å². The zero-order valence-corrected chi connectivity index (χ0v) is 23.0. The van der Waals surface area contributed by atoms with E-state index in [2.05, 4.69) is 94.3 Å². The molecule has 6 nitrogen and oxygen atoms in total. The first kappa shape index (κ1) is 23.9. The minimum Gasteiger partial charge on any atom is -0.340 e. The van der Waals surface area contributed by atoms with Crippen molar-refractivity contribution in [1.82, 2.24) is 18.9 Å². The van der Waals surface area contributed by atoms with Gasteiger partial charge in [-0.3, -0.25) is 0 Å². The second-order valence-electron chi connectivity index (χ2n) is 11.7. The lowest BCUT2D eigenvalue weighted by Gasteiger charge is -2.17. The Bertz CT molecular complexity index is 1810. The van der Waals surface area contributed by atoms with Gasteiger partial charge >= 0.3 is 0 Å². The van der Waals surface area contributed by atoms with Gasteiger partial charge in [-0.1, -0.05) is 24.3 Å². The summed E-state index contributed by atoms with van der Waals surface area (Å²) in [7, 11) is 0. The lowest BCUT2D eigenvalue weighted by atomic mass is 10.0. The normalized spacial score (nSPS) is 15.8. The first-order chi connectivity index (χ1) is 20.2. The Morgan fingerprint density at radius 3 is 1.05 bits per heavy atom. The van der Waals surface area contributed by atoms with Crippen molar-refractivity contribution in [3.05, 3.63) is 95.1 Å². The molecular weight excluding hydrogens is 504 g/mol. The molecule has 0 saturated heterocycles. The number of nitrogens with zero attached hydrogens (tertiary/aromatic N) is 6. The molecule has 0 radical (unpaired) electrons. The lowest BCUT2D eigenvalue weighted by Crippen LogP contribution is -2.16. The standard InChI is InChI=1S/C35H30N6/c36-22-38-18-24-4-8-32-28(14-24)29-15-25-5-9-33(29)40(32)12-2-1-3-13-41-34-10-6-26(20-38)16-30(34)31-17-27(7-11-35(31)41)21-39(19-25)23-37/h4-11,14-17H,1-3,12-13,18-21H2. The van der Waals surface area contributed by atoms with Crippen LogP contribution in [0.4, 0.5) is 0 Å². The lowest BCUT2D eigenvalue weighted by molar-refractivity contribution is 0.379. The molecule has 41 heavy (non-hydrogen) atoms. The Morgan fingerprint density at radius 1 is 0.439 bits per heavy atom. The van der Waals surface area contributed by atoms with Crippen molar-refractivity contribution in [2.24, 2.45) is 0 Å². The minimum absolute atomic E-state index is 0.560. The zero-order chi connectivity index (χ0) is 27.5. The Morgan fingerprint density at radius 2 is 0.756 bits per heavy atom. The van der Waals surface area contributed by atoms with Gasteiger partial charge in [0.25, 0.3) is 0 Å². The average molecular weight is 535 g/mol. The van der Waals surface area contributed by atoms with Crippen molar-refractivity contribution in [1.29, 1.82) is 10.5 Å². The van der Waals surface area contributed by atoms with Crippen molar-refractivity contribution in [3.63, 3.8) is 0 Å². The van der Waals surface area contributed by atoms with Crippen LogP contribution in [0.1, 0.15) is 41.5 Å². The van der Waals surface area contributed by atoms with E-state index in [9.17, 15) is 10.5 Å². The average Bonchev–Trinajstić information content (AvgIpc) is 3.46. The van der Waals surface area contributed by atoms with Crippen LogP contribution in [0.2, 0.25) is 0 Å². The van der Waals surface area contributed by atoms with Crippen molar-refractivity contribution in [2.75, 3.05) is 0 Å². The van der Waals surface area contributed by atoms with E-state index in [0.29, 0.717) is 26.2 Å². The van der Waals surface area contributed by atoms with E-state index in [1.54, 1.807) is 0 Å². The molecule has 0 spiro atoms. The van der Waals surface area contributed by atoms with Gasteiger partial charge in [0.15, 0.2) is 12.4 Å². The highest BCUT2D eigenvalue weighted by Crippen LogP contribution is 2.35. The SMILES string of the molecule is N#CN1Cc2ccc3c(c2)c2cc4ccc2n3CCCCCn2c3ccc(cc3c3cc(ccc32)CN(C#N)C4)C1. The molecule has 6 heteroatoms. The van der Waals surface area contributed by atoms with E-state index in [1.807, 2.05) is 9.80 Å². The van der Waals surface area contributed by atoms with Crippen LogP contribution in [0.5, 0.6) is 0 Å². The quantitative estimate of drug-likeness (QED) is 0.191. The molecule has 14 bridgehead atoms. The molecule has 4 aromatic carbocycles. The van der Waals surface area contributed by atoms with Crippen LogP contribution < -0.4 is 0 Å². The fourth-order valence-corrected chi connectivity index (χ4v) is 7.12. The predicted molar refractivity (Wildman–Crippen MR) is 162 cm³/mol. The van der Waals surface area contributed by atoms with Gasteiger partial charge in [-0.05, 0) is 90.0 Å². The van der Waals surface area contributed by atoms with Crippen molar-refractivity contribution in [2.45, 2.75) is 58.5 Å². The molecule has 6 aromatic rings.